The standard InChI is InChI=1S/C20H19N3O3/c24-17-10-14-8-4-5-9-16(14)19(17)22-20(25)21-12-15-11-18(26-23-15)13-6-2-1-3-7-13/h1-9,11,17,19,24H,10,12H2,(H2,21,22,25)/t17-,19+/m1/s1. The van der Waals surface area contributed by atoms with Crippen molar-refractivity contribution in [2.75, 3.05) is 0 Å². The summed E-state index contributed by atoms with van der Waals surface area (Å²) in [6.07, 6.45) is -0.0694. The largest absolute Gasteiger partial charge is 0.390 e. The van der Waals surface area contributed by atoms with Crippen LogP contribution in [0.15, 0.2) is 65.2 Å². The zero-order valence-electron chi connectivity index (χ0n) is 14.1. The molecular weight excluding hydrogens is 330 g/mol. The van der Waals surface area contributed by atoms with Gasteiger partial charge in [-0.2, -0.15) is 0 Å². The number of carbonyl (C=O) groups is 1. The van der Waals surface area contributed by atoms with E-state index in [1.54, 1.807) is 6.07 Å². The summed E-state index contributed by atoms with van der Waals surface area (Å²) in [5, 5.41) is 19.8. The van der Waals surface area contributed by atoms with Gasteiger partial charge >= 0.3 is 6.03 Å². The number of aliphatic hydroxyl groups excluding tert-OH is 1. The fourth-order valence-electron chi connectivity index (χ4n) is 3.24. The lowest BCUT2D eigenvalue weighted by atomic mass is 10.1. The van der Waals surface area contributed by atoms with Crippen molar-refractivity contribution in [1.29, 1.82) is 0 Å². The van der Waals surface area contributed by atoms with Gasteiger partial charge in [-0.05, 0) is 11.1 Å². The molecule has 1 heterocycles. The first kappa shape index (κ1) is 16.4. The van der Waals surface area contributed by atoms with E-state index in [1.807, 2.05) is 54.6 Å². The van der Waals surface area contributed by atoms with Gasteiger partial charge in [-0.3, -0.25) is 0 Å². The van der Waals surface area contributed by atoms with Gasteiger partial charge in [0.05, 0.1) is 18.7 Å². The van der Waals surface area contributed by atoms with E-state index in [0.29, 0.717) is 17.9 Å². The first-order valence-electron chi connectivity index (χ1n) is 8.52. The molecule has 132 valence electrons. The van der Waals surface area contributed by atoms with E-state index in [9.17, 15) is 9.90 Å². The summed E-state index contributed by atoms with van der Waals surface area (Å²) < 4.78 is 5.32. The van der Waals surface area contributed by atoms with Crippen LogP contribution in [0.25, 0.3) is 11.3 Å². The topological polar surface area (TPSA) is 87.4 Å². The maximum absolute atomic E-state index is 12.2. The zero-order valence-corrected chi connectivity index (χ0v) is 14.1. The van der Waals surface area contributed by atoms with Crippen molar-refractivity contribution >= 4 is 6.03 Å². The predicted molar refractivity (Wildman–Crippen MR) is 96.2 cm³/mol. The highest BCUT2D eigenvalue weighted by Gasteiger charge is 2.31. The van der Waals surface area contributed by atoms with E-state index in [-0.39, 0.29) is 12.6 Å². The molecule has 0 saturated heterocycles. The highest BCUT2D eigenvalue weighted by atomic mass is 16.5. The minimum atomic E-state index is -0.616. The number of carbonyl (C=O) groups excluding carboxylic acids is 1. The van der Waals surface area contributed by atoms with Crippen LogP contribution < -0.4 is 10.6 Å². The lowest BCUT2D eigenvalue weighted by Crippen LogP contribution is -2.40. The molecule has 0 bridgehead atoms. The third-order valence-electron chi connectivity index (χ3n) is 4.54. The second kappa shape index (κ2) is 7.01. The van der Waals surface area contributed by atoms with Gasteiger partial charge in [0.15, 0.2) is 5.76 Å². The normalized spacial score (nSPS) is 18.3. The van der Waals surface area contributed by atoms with E-state index in [4.69, 9.17) is 4.52 Å². The maximum atomic E-state index is 12.2. The maximum Gasteiger partial charge on any atom is 0.315 e. The first-order chi connectivity index (χ1) is 12.7. The lowest BCUT2D eigenvalue weighted by Gasteiger charge is -2.18. The number of fused-ring (bicyclic) bond motifs is 1. The smallest absolute Gasteiger partial charge is 0.315 e. The number of aliphatic hydroxyl groups is 1. The molecule has 3 N–H and O–H groups in total. The van der Waals surface area contributed by atoms with Crippen LogP contribution in [-0.2, 0) is 13.0 Å². The molecule has 1 aromatic heterocycles. The Labute approximate surface area is 150 Å². The van der Waals surface area contributed by atoms with Gasteiger partial charge in [-0.1, -0.05) is 59.8 Å². The van der Waals surface area contributed by atoms with Crippen LogP contribution in [-0.4, -0.2) is 22.4 Å². The fraction of sp³-hybridized carbons (Fsp3) is 0.200. The summed E-state index contributed by atoms with van der Waals surface area (Å²) in [5.41, 5.74) is 3.59. The van der Waals surface area contributed by atoms with E-state index in [0.717, 1.165) is 16.7 Å². The second-order valence-corrected chi connectivity index (χ2v) is 6.32. The van der Waals surface area contributed by atoms with Gasteiger partial charge in [0, 0.05) is 18.1 Å². The first-order valence-corrected chi connectivity index (χ1v) is 8.52. The number of amides is 2. The van der Waals surface area contributed by atoms with E-state index >= 15 is 0 Å². The summed E-state index contributed by atoms with van der Waals surface area (Å²) in [5.74, 6) is 0.656. The second-order valence-electron chi connectivity index (χ2n) is 6.32. The molecule has 4 rings (SSSR count). The molecule has 0 radical (unpaired) electrons. The lowest BCUT2D eigenvalue weighted by molar-refractivity contribution is 0.142. The number of nitrogens with zero attached hydrogens (tertiary/aromatic N) is 1. The van der Waals surface area contributed by atoms with Gasteiger partial charge in [0.25, 0.3) is 0 Å². The van der Waals surface area contributed by atoms with Crippen molar-refractivity contribution in [1.82, 2.24) is 15.8 Å². The Kier molecular flexibility index (Phi) is 4.41. The average Bonchev–Trinajstić information content (AvgIpc) is 3.26. The molecule has 6 nitrogen and oxygen atoms in total. The Morgan fingerprint density at radius 2 is 1.92 bits per heavy atom. The molecular formula is C20H19N3O3. The number of urea groups is 1. The summed E-state index contributed by atoms with van der Waals surface area (Å²) in [6, 6.07) is 18.4. The van der Waals surface area contributed by atoms with Crippen molar-refractivity contribution < 1.29 is 14.4 Å². The number of rotatable bonds is 4. The Balaban J connectivity index is 1.36. The molecule has 3 aromatic rings. The number of aromatic nitrogens is 1. The average molecular weight is 349 g/mol. The Morgan fingerprint density at radius 1 is 1.15 bits per heavy atom. The van der Waals surface area contributed by atoms with E-state index in [1.165, 1.54) is 0 Å². The van der Waals surface area contributed by atoms with Crippen LogP contribution >= 0.6 is 0 Å². The van der Waals surface area contributed by atoms with Gasteiger partial charge in [0.2, 0.25) is 0 Å². The SMILES string of the molecule is O=C(NCc1cc(-c2ccccc2)on1)N[C@H]1c2ccccc2C[C@H]1O. The monoisotopic (exact) mass is 349 g/mol. The molecule has 6 heteroatoms. The molecule has 1 aliphatic rings. The van der Waals surface area contributed by atoms with Crippen molar-refractivity contribution in [3.8, 4) is 11.3 Å². The number of benzene rings is 2. The molecule has 2 aromatic carbocycles. The molecule has 1 aliphatic carbocycles. The van der Waals surface area contributed by atoms with Gasteiger partial charge in [0.1, 0.15) is 5.69 Å². The minimum Gasteiger partial charge on any atom is -0.390 e. The predicted octanol–water partition coefficient (Wildman–Crippen LogP) is 2.80. The summed E-state index contributed by atoms with van der Waals surface area (Å²) >= 11 is 0. The minimum absolute atomic E-state index is 0.243. The fourth-order valence-corrected chi connectivity index (χ4v) is 3.24. The third-order valence-corrected chi connectivity index (χ3v) is 4.54. The highest BCUT2D eigenvalue weighted by molar-refractivity contribution is 5.74. The number of hydrogen-bond acceptors (Lipinski definition) is 4. The van der Waals surface area contributed by atoms with Crippen LogP contribution in [0.3, 0.4) is 0 Å². The van der Waals surface area contributed by atoms with Gasteiger partial charge < -0.3 is 20.3 Å². The molecule has 0 saturated carbocycles. The Bertz CT molecular complexity index is 907. The van der Waals surface area contributed by atoms with E-state index in [2.05, 4.69) is 15.8 Å². The van der Waals surface area contributed by atoms with E-state index < -0.39 is 12.1 Å². The zero-order chi connectivity index (χ0) is 17.9. The van der Waals surface area contributed by atoms with Crippen molar-refractivity contribution in [3.63, 3.8) is 0 Å². The molecule has 0 unspecified atom stereocenters. The van der Waals surface area contributed by atoms with Gasteiger partial charge in [-0.25, -0.2) is 4.79 Å². The van der Waals surface area contributed by atoms with Crippen LogP contribution in [0.5, 0.6) is 0 Å². The van der Waals surface area contributed by atoms with Crippen molar-refractivity contribution in [2.24, 2.45) is 0 Å². The number of hydrogen-bond donors (Lipinski definition) is 3. The summed E-state index contributed by atoms with van der Waals surface area (Å²) in [4.78, 5) is 12.2. The van der Waals surface area contributed by atoms with Crippen molar-refractivity contribution in [2.45, 2.75) is 25.1 Å². The van der Waals surface area contributed by atoms with Crippen LogP contribution in [0.4, 0.5) is 4.79 Å². The molecule has 2 amide bonds. The van der Waals surface area contributed by atoms with Crippen molar-refractivity contribution in [3.05, 3.63) is 77.5 Å². The summed E-state index contributed by atoms with van der Waals surface area (Å²) in [7, 11) is 0. The Morgan fingerprint density at radius 3 is 2.77 bits per heavy atom. The Hall–Kier alpha value is -3.12. The van der Waals surface area contributed by atoms with Crippen LogP contribution in [0, 0.1) is 0 Å². The molecule has 0 aliphatic heterocycles. The quantitative estimate of drug-likeness (QED) is 0.676. The third kappa shape index (κ3) is 3.32. The molecule has 26 heavy (non-hydrogen) atoms. The highest BCUT2D eigenvalue weighted by Crippen LogP contribution is 2.31. The molecule has 0 fully saturated rings. The summed E-state index contributed by atoms with van der Waals surface area (Å²) in [6.45, 7) is 0.243. The number of nitrogens with one attached hydrogen (secondary N) is 2. The molecule has 0 spiro atoms. The van der Waals surface area contributed by atoms with Gasteiger partial charge in [-0.15, -0.1) is 0 Å². The van der Waals surface area contributed by atoms with Crippen LogP contribution in [0.2, 0.25) is 0 Å². The van der Waals surface area contributed by atoms with Crippen LogP contribution in [0.1, 0.15) is 22.9 Å². The molecule has 2 atom stereocenters.